The Morgan fingerprint density at radius 1 is 1.27 bits per heavy atom. The van der Waals surface area contributed by atoms with Gasteiger partial charge in [-0.25, -0.2) is 4.31 Å². The minimum Gasteiger partial charge on any atom is -0.397 e. The summed E-state index contributed by atoms with van der Waals surface area (Å²) in [6.07, 6.45) is 1.80. The van der Waals surface area contributed by atoms with Crippen LogP contribution in [-0.2, 0) is 0 Å². The van der Waals surface area contributed by atoms with E-state index in [4.69, 9.17) is 5.73 Å². The second-order valence-corrected chi connectivity index (χ2v) is 9.57. The van der Waals surface area contributed by atoms with Gasteiger partial charge in [0.15, 0.2) is 0 Å². The van der Waals surface area contributed by atoms with Gasteiger partial charge in [0.05, 0.1) is 22.9 Å². The van der Waals surface area contributed by atoms with E-state index in [9.17, 15) is 4.79 Å². The number of nitrogen functional groups attached to an aromatic ring is 1. The molecular formula is C21H20N6OS2. The topological polar surface area (TPSA) is 97.0 Å². The number of hydrogen-bond donors (Lipinski definition) is 2. The molecule has 3 aromatic heterocycles. The fourth-order valence-corrected chi connectivity index (χ4v) is 5.64. The van der Waals surface area contributed by atoms with Gasteiger partial charge in [-0.3, -0.25) is 9.78 Å². The van der Waals surface area contributed by atoms with E-state index >= 15 is 0 Å². The van der Waals surface area contributed by atoms with E-state index in [0.29, 0.717) is 15.4 Å². The SMILES string of the molecule is Cc1nnc2sc(C(=O)NC3CN(Sc4ccc5ncccc5c4)C3)c(N)c2c1C. The molecule has 4 heterocycles. The first-order valence-corrected chi connectivity index (χ1v) is 11.2. The van der Waals surface area contributed by atoms with E-state index < -0.39 is 0 Å². The van der Waals surface area contributed by atoms with Crippen molar-refractivity contribution in [2.45, 2.75) is 24.8 Å². The van der Waals surface area contributed by atoms with Crippen molar-refractivity contribution in [1.29, 1.82) is 0 Å². The first-order chi connectivity index (χ1) is 14.5. The Hall–Kier alpha value is -2.75. The smallest absolute Gasteiger partial charge is 0.263 e. The Bertz CT molecular complexity index is 1280. The van der Waals surface area contributed by atoms with Gasteiger partial charge in [0.25, 0.3) is 5.91 Å². The number of aryl methyl sites for hydroxylation is 2. The van der Waals surface area contributed by atoms with E-state index in [1.165, 1.54) is 16.2 Å². The number of carbonyl (C=O) groups excluding carboxylic acids is 1. The molecule has 5 rings (SSSR count). The van der Waals surface area contributed by atoms with E-state index in [2.05, 4.69) is 43.0 Å². The maximum atomic E-state index is 12.8. The minimum atomic E-state index is -0.140. The lowest BCUT2D eigenvalue weighted by molar-refractivity contribution is 0.0906. The summed E-state index contributed by atoms with van der Waals surface area (Å²) in [5.74, 6) is -0.140. The molecule has 1 saturated heterocycles. The van der Waals surface area contributed by atoms with Gasteiger partial charge < -0.3 is 11.1 Å². The third-order valence-corrected chi connectivity index (χ3v) is 7.44. The third kappa shape index (κ3) is 3.38. The van der Waals surface area contributed by atoms with Crippen molar-refractivity contribution in [3.05, 3.63) is 52.7 Å². The highest BCUT2D eigenvalue weighted by Crippen LogP contribution is 2.35. The zero-order chi connectivity index (χ0) is 20.8. The molecule has 0 aliphatic carbocycles. The number of pyridine rings is 1. The van der Waals surface area contributed by atoms with Crippen LogP contribution in [0.25, 0.3) is 21.1 Å². The van der Waals surface area contributed by atoms with Crippen LogP contribution < -0.4 is 11.1 Å². The number of nitrogens with one attached hydrogen (secondary N) is 1. The van der Waals surface area contributed by atoms with Gasteiger partial charge >= 0.3 is 0 Å². The monoisotopic (exact) mass is 436 g/mol. The minimum absolute atomic E-state index is 0.102. The fourth-order valence-electron chi connectivity index (χ4n) is 3.52. The fraction of sp³-hybridized carbons (Fsp3) is 0.238. The molecule has 0 atom stereocenters. The number of thiophene rings is 1. The van der Waals surface area contributed by atoms with Crippen molar-refractivity contribution in [3.63, 3.8) is 0 Å². The number of nitrogens with two attached hydrogens (primary N) is 1. The molecule has 1 aliphatic heterocycles. The summed E-state index contributed by atoms with van der Waals surface area (Å²) in [6.45, 7) is 5.42. The summed E-state index contributed by atoms with van der Waals surface area (Å²) in [6, 6.07) is 10.4. The van der Waals surface area contributed by atoms with Gasteiger partial charge in [0, 0.05) is 35.0 Å². The number of anilines is 1. The van der Waals surface area contributed by atoms with Crippen LogP contribution in [-0.4, -0.2) is 44.5 Å². The Morgan fingerprint density at radius 2 is 2.10 bits per heavy atom. The van der Waals surface area contributed by atoms with Crippen molar-refractivity contribution in [2.75, 3.05) is 18.8 Å². The molecule has 30 heavy (non-hydrogen) atoms. The van der Waals surface area contributed by atoms with Crippen molar-refractivity contribution < 1.29 is 4.79 Å². The molecule has 9 heteroatoms. The molecule has 4 aromatic rings. The summed E-state index contributed by atoms with van der Waals surface area (Å²) in [5.41, 5.74) is 9.58. The van der Waals surface area contributed by atoms with Gasteiger partial charge in [-0.2, -0.15) is 5.10 Å². The molecule has 0 radical (unpaired) electrons. The van der Waals surface area contributed by atoms with Crippen LogP contribution in [0.1, 0.15) is 20.9 Å². The summed E-state index contributed by atoms with van der Waals surface area (Å²) in [7, 11) is 0. The van der Waals surface area contributed by atoms with Gasteiger partial charge in [-0.1, -0.05) is 6.07 Å². The Labute approximate surface area is 181 Å². The van der Waals surface area contributed by atoms with Crippen LogP contribution in [0.4, 0.5) is 5.69 Å². The first kappa shape index (κ1) is 19.2. The standard InChI is InChI=1S/C21H20N6OS2/c1-11-12(2)25-26-21-17(11)18(22)19(29-21)20(28)24-14-9-27(10-14)30-15-5-6-16-13(8-15)4-3-7-23-16/h3-8,14H,9-10,22H2,1-2H3,(H,24,28). The predicted octanol–water partition coefficient (Wildman–Crippen LogP) is 3.56. The molecule has 152 valence electrons. The first-order valence-electron chi connectivity index (χ1n) is 9.60. The van der Waals surface area contributed by atoms with Crippen LogP contribution in [0.15, 0.2) is 41.4 Å². The molecule has 1 fully saturated rings. The Kier molecular flexibility index (Phi) is 4.80. The van der Waals surface area contributed by atoms with Crippen molar-refractivity contribution >= 4 is 56.0 Å². The van der Waals surface area contributed by atoms with Crippen LogP contribution in [0.5, 0.6) is 0 Å². The summed E-state index contributed by atoms with van der Waals surface area (Å²) in [4.78, 5) is 19.5. The molecule has 0 bridgehead atoms. The average Bonchev–Trinajstić information content (AvgIpc) is 3.06. The molecule has 0 spiro atoms. The van der Waals surface area contributed by atoms with Crippen molar-refractivity contribution in [2.24, 2.45) is 0 Å². The van der Waals surface area contributed by atoms with E-state index in [1.807, 2.05) is 26.0 Å². The molecule has 1 amide bonds. The summed E-state index contributed by atoms with van der Waals surface area (Å²) in [5, 5.41) is 13.4. The molecular weight excluding hydrogens is 416 g/mol. The molecule has 1 aliphatic rings. The number of amides is 1. The Morgan fingerprint density at radius 3 is 2.93 bits per heavy atom. The number of aromatic nitrogens is 3. The summed E-state index contributed by atoms with van der Waals surface area (Å²) >= 11 is 3.00. The highest BCUT2D eigenvalue weighted by Gasteiger charge is 2.30. The van der Waals surface area contributed by atoms with Crippen LogP contribution in [0.2, 0.25) is 0 Å². The normalized spacial score (nSPS) is 14.9. The molecule has 1 aromatic carbocycles. The number of benzene rings is 1. The van der Waals surface area contributed by atoms with Crippen molar-refractivity contribution in [3.8, 4) is 0 Å². The number of rotatable bonds is 4. The highest BCUT2D eigenvalue weighted by molar-refractivity contribution is 7.97. The third-order valence-electron chi connectivity index (χ3n) is 5.33. The quantitative estimate of drug-likeness (QED) is 0.472. The number of hydrogen-bond acceptors (Lipinski definition) is 8. The highest BCUT2D eigenvalue weighted by atomic mass is 32.2. The second kappa shape index (κ2) is 7.50. The van der Waals surface area contributed by atoms with Crippen LogP contribution in [0.3, 0.4) is 0 Å². The van der Waals surface area contributed by atoms with E-state index in [1.54, 1.807) is 18.1 Å². The molecule has 0 unspecified atom stereocenters. The number of carbonyl (C=O) groups is 1. The number of fused-ring (bicyclic) bond motifs is 2. The van der Waals surface area contributed by atoms with Gasteiger partial charge in [0.2, 0.25) is 0 Å². The lowest BCUT2D eigenvalue weighted by Gasteiger charge is -2.38. The van der Waals surface area contributed by atoms with Gasteiger partial charge in [-0.15, -0.1) is 16.4 Å². The lowest BCUT2D eigenvalue weighted by Crippen LogP contribution is -2.56. The molecule has 0 saturated carbocycles. The van der Waals surface area contributed by atoms with Crippen molar-refractivity contribution in [1.82, 2.24) is 24.8 Å². The lowest BCUT2D eigenvalue weighted by atomic mass is 10.1. The maximum Gasteiger partial charge on any atom is 0.263 e. The molecule has 3 N–H and O–H groups in total. The summed E-state index contributed by atoms with van der Waals surface area (Å²) < 4.78 is 2.23. The Balaban J connectivity index is 1.23. The second-order valence-electron chi connectivity index (χ2n) is 7.40. The molecule has 7 nitrogen and oxygen atoms in total. The zero-order valence-electron chi connectivity index (χ0n) is 16.5. The van der Waals surface area contributed by atoms with Gasteiger partial charge in [0.1, 0.15) is 9.71 Å². The van der Waals surface area contributed by atoms with Gasteiger partial charge in [-0.05, 0) is 55.6 Å². The zero-order valence-corrected chi connectivity index (χ0v) is 18.2. The van der Waals surface area contributed by atoms with Crippen LogP contribution in [0, 0.1) is 13.8 Å². The van der Waals surface area contributed by atoms with Crippen LogP contribution >= 0.6 is 23.3 Å². The van der Waals surface area contributed by atoms with E-state index in [-0.39, 0.29) is 11.9 Å². The number of nitrogens with zero attached hydrogens (tertiary/aromatic N) is 4. The average molecular weight is 437 g/mol. The largest absolute Gasteiger partial charge is 0.397 e. The van der Waals surface area contributed by atoms with E-state index in [0.717, 1.165) is 40.6 Å². The maximum absolute atomic E-state index is 12.8. The predicted molar refractivity (Wildman–Crippen MR) is 122 cm³/mol.